The molecule has 100 valence electrons. The number of amides is 1. The maximum absolute atomic E-state index is 11.4. The first-order valence-corrected chi connectivity index (χ1v) is 6.22. The Bertz CT molecular complexity index is 383. The van der Waals surface area contributed by atoms with Crippen molar-refractivity contribution in [2.45, 2.75) is 33.2 Å². The van der Waals surface area contributed by atoms with E-state index >= 15 is 0 Å². The summed E-state index contributed by atoms with van der Waals surface area (Å²) in [4.78, 5) is 11.4. The summed E-state index contributed by atoms with van der Waals surface area (Å²) in [6, 6.07) is 5.92. The number of para-hydroxylation sites is 1. The quantitative estimate of drug-likeness (QED) is 0.753. The summed E-state index contributed by atoms with van der Waals surface area (Å²) in [5.74, 6) is 0.869. The molecule has 1 atom stereocenters. The summed E-state index contributed by atoms with van der Waals surface area (Å²) >= 11 is 0. The van der Waals surface area contributed by atoms with Gasteiger partial charge in [0.15, 0.2) is 0 Å². The summed E-state index contributed by atoms with van der Waals surface area (Å²) < 4.78 is 5.68. The van der Waals surface area contributed by atoms with Crippen molar-refractivity contribution in [3.05, 3.63) is 29.3 Å². The Hall–Kier alpha value is -1.55. The minimum absolute atomic E-state index is 0.0323. The van der Waals surface area contributed by atoms with Crippen LogP contribution in [0.25, 0.3) is 0 Å². The standard InChI is InChI=1S/C14H22N2O2/c1-10-5-4-6-11(2)14(10)18-8-7-16-13(17)9-12(3)15/h4-6,12H,7-9,15H2,1-3H3,(H,16,17). The van der Waals surface area contributed by atoms with Crippen LogP contribution in [0.1, 0.15) is 24.5 Å². The van der Waals surface area contributed by atoms with Crippen LogP contribution in [0.5, 0.6) is 5.75 Å². The maximum atomic E-state index is 11.4. The zero-order chi connectivity index (χ0) is 13.5. The van der Waals surface area contributed by atoms with Crippen LogP contribution < -0.4 is 15.8 Å². The molecule has 0 heterocycles. The lowest BCUT2D eigenvalue weighted by Crippen LogP contribution is -2.32. The third kappa shape index (κ3) is 4.75. The van der Waals surface area contributed by atoms with Crippen molar-refractivity contribution in [2.75, 3.05) is 13.2 Å². The summed E-state index contributed by atoms with van der Waals surface area (Å²) in [6.45, 7) is 6.80. The molecule has 4 heteroatoms. The summed E-state index contributed by atoms with van der Waals surface area (Å²) in [7, 11) is 0. The molecule has 0 saturated heterocycles. The topological polar surface area (TPSA) is 64.3 Å². The molecule has 0 aliphatic rings. The van der Waals surface area contributed by atoms with E-state index in [2.05, 4.69) is 5.32 Å². The molecule has 1 unspecified atom stereocenters. The minimum Gasteiger partial charge on any atom is -0.491 e. The van der Waals surface area contributed by atoms with Gasteiger partial charge >= 0.3 is 0 Å². The molecule has 0 fully saturated rings. The van der Waals surface area contributed by atoms with Gasteiger partial charge in [0.05, 0.1) is 6.54 Å². The SMILES string of the molecule is Cc1cccc(C)c1OCCNC(=O)CC(C)N. The molecule has 0 radical (unpaired) electrons. The number of hydrogen-bond donors (Lipinski definition) is 2. The second kappa shape index (κ2) is 7.01. The predicted octanol–water partition coefficient (Wildman–Crippen LogP) is 1.54. The fourth-order valence-corrected chi connectivity index (χ4v) is 1.73. The van der Waals surface area contributed by atoms with E-state index in [1.54, 1.807) is 0 Å². The van der Waals surface area contributed by atoms with E-state index in [4.69, 9.17) is 10.5 Å². The van der Waals surface area contributed by atoms with Gasteiger partial charge in [0.25, 0.3) is 0 Å². The van der Waals surface area contributed by atoms with Crippen molar-refractivity contribution in [3.8, 4) is 5.75 Å². The second-order valence-corrected chi connectivity index (χ2v) is 4.60. The molecular formula is C14H22N2O2. The molecule has 1 amide bonds. The number of hydrogen-bond acceptors (Lipinski definition) is 3. The highest BCUT2D eigenvalue weighted by atomic mass is 16.5. The Kier molecular flexibility index (Phi) is 5.65. The Morgan fingerprint density at radius 2 is 2.00 bits per heavy atom. The lowest BCUT2D eigenvalue weighted by molar-refractivity contribution is -0.121. The molecule has 0 aliphatic heterocycles. The first-order chi connectivity index (χ1) is 8.50. The largest absolute Gasteiger partial charge is 0.491 e. The van der Waals surface area contributed by atoms with Gasteiger partial charge < -0.3 is 15.8 Å². The molecule has 4 nitrogen and oxygen atoms in total. The number of carbonyl (C=O) groups is 1. The highest BCUT2D eigenvalue weighted by molar-refractivity contribution is 5.76. The molecule has 1 aromatic carbocycles. The van der Waals surface area contributed by atoms with E-state index in [1.807, 2.05) is 39.0 Å². The third-order valence-corrected chi connectivity index (χ3v) is 2.59. The van der Waals surface area contributed by atoms with E-state index in [0.29, 0.717) is 19.6 Å². The van der Waals surface area contributed by atoms with Crippen LogP contribution in [0.15, 0.2) is 18.2 Å². The molecular weight excluding hydrogens is 228 g/mol. The molecule has 0 aliphatic carbocycles. The monoisotopic (exact) mass is 250 g/mol. The minimum atomic E-state index is -0.107. The molecule has 3 N–H and O–H groups in total. The molecule has 18 heavy (non-hydrogen) atoms. The Morgan fingerprint density at radius 3 is 2.56 bits per heavy atom. The highest BCUT2D eigenvalue weighted by Crippen LogP contribution is 2.21. The average Bonchev–Trinajstić information content (AvgIpc) is 2.26. The molecule has 0 saturated carbocycles. The molecule has 1 rings (SSSR count). The van der Waals surface area contributed by atoms with Crippen LogP contribution >= 0.6 is 0 Å². The number of aryl methyl sites for hydroxylation is 2. The van der Waals surface area contributed by atoms with Crippen LogP contribution in [0, 0.1) is 13.8 Å². The van der Waals surface area contributed by atoms with Crippen molar-refractivity contribution in [1.82, 2.24) is 5.32 Å². The van der Waals surface area contributed by atoms with Crippen LogP contribution in [0.3, 0.4) is 0 Å². The maximum Gasteiger partial charge on any atom is 0.221 e. The fourth-order valence-electron chi connectivity index (χ4n) is 1.73. The van der Waals surface area contributed by atoms with Crippen molar-refractivity contribution < 1.29 is 9.53 Å². The number of benzene rings is 1. The van der Waals surface area contributed by atoms with E-state index in [9.17, 15) is 4.79 Å². The van der Waals surface area contributed by atoms with Gasteiger partial charge in [-0.2, -0.15) is 0 Å². The van der Waals surface area contributed by atoms with Crippen LogP contribution in [-0.2, 0) is 4.79 Å². The first kappa shape index (κ1) is 14.5. The van der Waals surface area contributed by atoms with Crippen molar-refractivity contribution in [3.63, 3.8) is 0 Å². The number of rotatable bonds is 6. The molecule has 0 bridgehead atoms. The van der Waals surface area contributed by atoms with E-state index in [1.165, 1.54) is 0 Å². The molecule has 0 spiro atoms. The van der Waals surface area contributed by atoms with Gasteiger partial charge in [-0.3, -0.25) is 4.79 Å². The smallest absolute Gasteiger partial charge is 0.221 e. The summed E-state index contributed by atoms with van der Waals surface area (Å²) in [6.07, 6.45) is 0.351. The molecule has 1 aromatic rings. The normalized spacial score (nSPS) is 12.0. The van der Waals surface area contributed by atoms with Crippen LogP contribution in [0.4, 0.5) is 0 Å². The zero-order valence-corrected chi connectivity index (χ0v) is 11.3. The van der Waals surface area contributed by atoms with Gasteiger partial charge in [0, 0.05) is 12.5 Å². The van der Waals surface area contributed by atoms with Gasteiger partial charge in [-0.05, 0) is 31.9 Å². The van der Waals surface area contributed by atoms with Crippen molar-refractivity contribution >= 4 is 5.91 Å². The third-order valence-electron chi connectivity index (χ3n) is 2.59. The van der Waals surface area contributed by atoms with E-state index < -0.39 is 0 Å². The summed E-state index contributed by atoms with van der Waals surface area (Å²) in [5.41, 5.74) is 7.75. The lowest BCUT2D eigenvalue weighted by atomic mass is 10.1. The van der Waals surface area contributed by atoms with Gasteiger partial charge in [-0.25, -0.2) is 0 Å². The Labute approximate surface area is 109 Å². The summed E-state index contributed by atoms with van der Waals surface area (Å²) in [5, 5.41) is 2.78. The predicted molar refractivity (Wildman–Crippen MR) is 72.7 cm³/mol. The fraction of sp³-hybridized carbons (Fsp3) is 0.500. The number of ether oxygens (including phenoxy) is 1. The van der Waals surface area contributed by atoms with Crippen molar-refractivity contribution in [2.24, 2.45) is 5.73 Å². The van der Waals surface area contributed by atoms with Crippen LogP contribution in [-0.4, -0.2) is 25.1 Å². The number of nitrogens with one attached hydrogen (secondary N) is 1. The number of carbonyl (C=O) groups excluding carboxylic acids is 1. The lowest BCUT2D eigenvalue weighted by Gasteiger charge is -2.12. The van der Waals surface area contributed by atoms with Gasteiger partial charge in [-0.15, -0.1) is 0 Å². The van der Waals surface area contributed by atoms with Gasteiger partial charge in [0.2, 0.25) is 5.91 Å². The van der Waals surface area contributed by atoms with E-state index in [-0.39, 0.29) is 11.9 Å². The van der Waals surface area contributed by atoms with Crippen LogP contribution in [0.2, 0.25) is 0 Å². The second-order valence-electron chi connectivity index (χ2n) is 4.60. The average molecular weight is 250 g/mol. The van der Waals surface area contributed by atoms with E-state index in [0.717, 1.165) is 16.9 Å². The number of nitrogens with two attached hydrogens (primary N) is 1. The first-order valence-electron chi connectivity index (χ1n) is 6.22. The Morgan fingerprint density at radius 1 is 1.39 bits per heavy atom. The zero-order valence-electron chi connectivity index (χ0n) is 11.3. The van der Waals surface area contributed by atoms with Gasteiger partial charge in [0.1, 0.15) is 12.4 Å². The molecule has 0 aromatic heterocycles. The Balaban J connectivity index is 2.32. The highest BCUT2D eigenvalue weighted by Gasteiger charge is 2.05. The van der Waals surface area contributed by atoms with Gasteiger partial charge in [-0.1, -0.05) is 18.2 Å². The van der Waals surface area contributed by atoms with Crippen molar-refractivity contribution in [1.29, 1.82) is 0 Å².